The third-order valence-corrected chi connectivity index (χ3v) is 4.08. The second-order valence-corrected chi connectivity index (χ2v) is 5.75. The van der Waals surface area contributed by atoms with E-state index >= 15 is 0 Å². The molecule has 1 fully saturated rings. The largest absolute Gasteiger partial charge is 0.497 e. The first-order chi connectivity index (χ1) is 10.2. The van der Waals surface area contributed by atoms with Gasteiger partial charge >= 0.3 is 0 Å². The Morgan fingerprint density at radius 3 is 2.67 bits per heavy atom. The Kier molecular flexibility index (Phi) is 4.46. The molecular formula is C16H18ClNO3. The van der Waals surface area contributed by atoms with Crippen LogP contribution < -0.4 is 0 Å². The molecular weight excluding hydrogens is 290 g/mol. The summed E-state index contributed by atoms with van der Waals surface area (Å²) < 4.78 is 10.9. The Bertz CT molecular complexity index is 535. The van der Waals surface area contributed by atoms with Gasteiger partial charge in [-0.15, -0.1) is 0 Å². The molecule has 0 spiro atoms. The number of carbonyl (C=O) groups excluding carboxylic acids is 1. The van der Waals surface area contributed by atoms with Gasteiger partial charge in [-0.25, -0.2) is 0 Å². The summed E-state index contributed by atoms with van der Waals surface area (Å²) in [5.74, 6) is 0.147. The van der Waals surface area contributed by atoms with Crippen LogP contribution in [0.2, 0.25) is 5.02 Å². The van der Waals surface area contributed by atoms with Gasteiger partial charge in [-0.1, -0.05) is 23.7 Å². The van der Waals surface area contributed by atoms with Gasteiger partial charge in [0.25, 0.3) is 0 Å². The highest BCUT2D eigenvalue weighted by molar-refractivity contribution is 6.30. The van der Waals surface area contributed by atoms with Gasteiger partial charge in [-0.2, -0.15) is 0 Å². The molecule has 2 aliphatic heterocycles. The molecule has 2 heterocycles. The van der Waals surface area contributed by atoms with Crippen LogP contribution in [0.4, 0.5) is 0 Å². The molecule has 1 atom stereocenters. The number of nitrogens with zero attached hydrogens (tertiary/aromatic N) is 1. The Balaban J connectivity index is 1.53. The Morgan fingerprint density at radius 2 is 1.95 bits per heavy atom. The molecule has 1 amide bonds. The van der Waals surface area contributed by atoms with E-state index in [2.05, 4.69) is 0 Å². The van der Waals surface area contributed by atoms with E-state index in [1.807, 2.05) is 29.2 Å². The predicted molar refractivity (Wildman–Crippen MR) is 80.9 cm³/mol. The maximum Gasteiger partial charge on any atom is 0.226 e. The predicted octanol–water partition coefficient (Wildman–Crippen LogP) is 2.72. The van der Waals surface area contributed by atoms with Crippen LogP contribution >= 0.6 is 11.6 Å². The topological polar surface area (TPSA) is 38.8 Å². The molecule has 0 aliphatic carbocycles. The van der Waals surface area contributed by atoms with Crippen molar-refractivity contribution >= 4 is 23.1 Å². The first-order valence-electron chi connectivity index (χ1n) is 7.18. The molecule has 5 heteroatoms. The Morgan fingerprint density at radius 1 is 1.24 bits per heavy atom. The highest BCUT2D eigenvalue weighted by Crippen LogP contribution is 2.29. The lowest BCUT2D eigenvalue weighted by molar-refractivity contribution is -0.137. The number of ether oxygens (including phenoxy) is 2. The monoisotopic (exact) mass is 307 g/mol. The Labute approximate surface area is 129 Å². The van der Waals surface area contributed by atoms with E-state index in [-0.39, 0.29) is 12.0 Å². The van der Waals surface area contributed by atoms with Crippen LogP contribution in [0.3, 0.4) is 0 Å². The number of halogens is 1. The third-order valence-electron chi connectivity index (χ3n) is 3.83. The zero-order valence-electron chi connectivity index (χ0n) is 11.8. The summed E-state index contributed by atoms with van der Waals surface area (Å²) in [5, 5.41) is 0.720. The molecule has 0 saturated carbocycles. The van der Waals surface area contributed by atoms with Gasteiger partial charge in [-0.05, 0) is 23.3 Å². The molecule has 2 aliphatic rings. The first kappa shape index (κ1) is 14.4. The number of hydrogen-bond acceptors (Lipinski definition) is 3. The van der Waals surface area contributed by atoms with Gasteiger partial charge in [0.1, 0.15) is 6.10 Å². The summed E-state index contributed by atoms with van der Waals surface area (Å²) in [6.45, 7) is 2.63. The standard InChI is InChI=1S/C16H18ClNO3/c17-14-3-1-12(2-4-14)13-9-15(21-11-13)10-16(19)18-5-7-20-8-6-18/h1-4,11,15H,5-10H2. The van der Waals surface area contributed by atoms with Crippen molar-refractivity contribution in [1.29, 1.82) is 0 Å². The van der Waals surface area contributed by atoms with Gasteiger partial charge in [0.05, 0.1) is 25.9 Å². The van der Waals surface area contributed by atoms with Crippen molar-refractivity contribution in [3.63, 3.8) is 0 Å². The van der Waals surface area contributed by atoms with Gasteiger partial charge < -0.3 is 14.4 Å². The van der Waals surface area contributed by atoms with E-state index in [9.17, 15) is 4.79 Å². The van der Waals surface area contributed by atoms with Crippen LogP contribution in [0.5, 0.6) is 0 Å². The molecule has 0 N–H and O–H groups in total. The molecule has 0 bridgehead atoms. The average molecular weight is 308 g/mol. The van der Waals surface area contributed by atoms with Crippen molar-refractivity contribution in [2.75, 3.05) is 26.3 Å². The number of rotatable bonds is 3. The maximum absolute atomic E-state index is 12.2. The minimum atomic E-state index is -0.0639. The first-order valence-corrected chi connectivity index (χ1v) is 7.56. The van der Waals surface area contributed by atoms with E-state index in [0.29, 0.717) is 32.7 Å². The fourth-order valence-electron chi connectivity index (χ4n) is 2.63. The van der Waals surface area contributed by atoms with Crippen molar-refractivity contribution in [3.8, 4) is 0 Å². The molecule has 1 aromatic carbocycles. The zero-order chi connectivity index (χ0) is 14.7. The minimum absolute atomic E-state index is 0.0639. The lowest BCUT2D eigenvalue weighted by Gasteiger charge is -2.27. The molecule has 1 aromatic rings. The van der Waals surface area contributed by atoms with E-state index in [0.717, 1.165) is 22.6 Å². The molecule has 1 unspecified atom stereocenters. The number of carbonyl (C=O) groups is 1. The van der Waals surface area contributed by atoms with Crippen LogP contribution in [0.25, 0.3) is 5.57 Å². The number of morpholine rings is 1. The summed E-state index contributed by atoms with van der Waals surface area (Å²) in [6, 6.07) is 7.68. The van der Waals surface area contributed by atoms with E-state index in [4.69, 9.17) is 21.1 Å². The van der Waals surface area contributed by atoms with Gasteiger partial charge in [0, 0.05) is 24.5 Å². The normalized spacial score (nSPS) is 21.9. The SMILES string of the molecule is O=C(CC1CC(c2ccc(Cl)cc2)=CO1)N1CCOCC1. The smallest absolute Gasteiger partial charge is 0.226 e. The van der Waals surface area contributed by atoms with E-state index < -0.39 is 0 Å². The quantitative estimate of drug-likeness (QED) is 0.862. The molecule has 0 aromatic heterocycles. The molecule has 4 nitrogen and oxygen atoms in total. The second-order valence-electron chi connectivity index (χ2n) is 5.31. The van der Waals surface area contributed by atoms with Crippen molar-refractivity contribution in [2.45, 2.75) is 18.9 Å². The molecule has 3 rings (SSSR count). The lowest BCUT2D eigenvalue weighted by Crippen LogP contribution is -2.41. The Hall–Kier alpha value is -1.52. The molecule has 21 heavy (non-hydrogen) atoms. The molecule has 0 radical (unpaired) electrons. The highest BCUT2D eigenvalue weighted by Gasteiger charge is 2.25. The van der Waals surface area contributed by atoms with E-state index in [1.54, 1.807) is 6.26 Å². The van der Waals surface area contributed by atoms with Crippen molar-refractivity contribution in [3.05, 3.63) is 41.1 Å². The third kappa shape index (κ3) is 3.57. The summed E-state index contributed by atoms with van der Waals surface area (Å²) in [4.78, 5) is 14.0. The fourth-order valence-corrected chi connectivity index (χ4v) is 2.75. The number of hydrogen-bond donors (Lipinski definition) is 0. The highest BCUT2D eigenvalue weighted by atomic mass is 35.5. The number of amides is 1. The van der Waals surface area contributed by atoms with Crippen molar-refractivity contribution < 1.29 is 14.3 Å². The maximum atomic E-state index is 12.2. The van der Waals surface area contributed by atoms with Crippen molar-refractivity contribution in [2.24, 2.45) is 0 Å². The molecule has 112 valence electrons. The fraction of sp³-hybridized carbons (Fsp3) is 0.438. The van der Waals surface area contributed by atoms with Crippen LogP contribution in [0.1, 0.15) is 18.4 Å². The summed E-state index contributed by atoms with van der Waals surface area (Å²) >= 11 is 5.89. The lowest BCUT2D eigenvalue weighted by atomic mass is 10.0. The van der Waals surface area contributed by atoms with Crippen molar-refractivity contribution in [1.82, 2.24) is 4.90 Å². The van der Waals surface area contributed by atoms with Gasteiger partial charge in [0.2, 0.25) is 5.91 Å². The van der Waals surface area contributed by atoms with Crippen LogP contribution in [-0.2, 0) is 14.3 Å². The second kappa shape index (κ2) is 6.50. The molecule has 1 saturated heterocycles. The summed E-state index contributed by atoms with van der Waals surface area (Å²) in [5.41, 5.74) is 2.21. The average Bonchev–Trinajstić information content (AvgIpc) is 2.97. The van der Waals surface area contributed by atoms with E-state index in [1.165, 1.54) is 0 Å². The number of benzene rings is 1. The summed E-state index contributed by atoms with van der Waals surface area (Å²) in [7, 11) is 0. The zero-order valence-corrected chi connectivity index (χ0v) is 12.5. The van der Waals surface area contributed by atoms with Crippen LogP contribution in [0, 0.1) is 0 Å². The van der Waals surface area contributed by atoms with Crippen LogP contribution in [-0.4, -0.2) is 43.2 Å². The minimum Gasteiger partial charge on any atom is -0.497 e. The van der Waals surface area contributed by atoms with Gasteiger partial charge in [-0.3, -0.25) is 4.79 Å². The van der Waals surface area contributed by atoms with Gasteiger partial charge in [0.15, 0.2) is 0 Å². The van der Waals surface area contributed by atoms with Crippen LogP contribution in [0.15, 0.2) is 30.5 Å². The summed E-state index contributed by atoms with van der Waals surface area (Å²) in [6.07, 6.45) is 2.89.